The number of hydrogen-bond acceptors (Lipinski definition) is 4. The van der Waals surface area contributed by atoms with E-state index in [0.717, 1.165) is 51.9 Å². The summed E-state index contributed by atoms with van der Waals surface area (Å²) in [6.07, 6.45) is 11.1. The normalized spacial score (nSPS) is 15.4. The lowest BCUT2D eigenvalue weighted by Crippen LogP contribution is -2.40. The fourth-order valence-corrected chi connectivity index (χ4v) is 4.95. The predicted octanol–water partition coefficient (Wildman–Crippen LogP) is 4.92. The Labute approximate surface area is 199 Å². The van der Waals surface area contributed by atoms with E-state index in [4.69, 9.17) is 0 Å². The van der Waals surface area contributed by atoms with Gasteiger partial charge < -0.3 is 20.6 Å². The highest BCUT2D eigenvalue weighted by Crippen LogP contribution is 2.33. The van der Waals surface area contributed by atoms with Gasteiger partial charge in [-0.15, -0.1) is 0 Å². The summed E-state index contributed by atoms with van der Waals surface area (Å²) in [6.45, 7) is 6.72. The summed E-state index contributed by atoms with van der Waals surface area (Å²) in [4.78, 5) is 13.5. The van der Waals surface area contributed by atoms with Crippen LogP contribution in [0.25, 0.3) is 0 Å². The molecule has 180 valence electrons. The Morgan fingerprint density at radius 2 is 1.85 bits per heavy atom. The molecular weight excluding hydrogens is 410 g/mol. The minimum atomic E-state index is 0.166. The first kappa shape index (κ1) is 25.3. The van der Waals surface area contributed by atoms with Crippen molar-refractivity contribution >= 4 is 12.1 Å². The lowest BCUT2D eigenvalue weighted by Gasteiger charge is -2.35. The van der Waals surface area contributed by atoms with Crippen LogP contribution in [0.2, 0.25) is 0 Å². The van der Waals surface area contributed by atoms with Gasteiger partial charge in [0.15, 0.2) is 0 Å². The molecule has 0 bridgehead atoms. The molecule has 0 saturated carbocycles. The molecule has 1 amide bonds. The molecular formula is C28H41N3O2. The molecule has 1 unspecified atom stereocenters. The van der Waals surface area contributed by atoms with Crippen LogP contribution in [0.1, 0.15) is 62.1 Å². The van der Waals surface area contributed by atoms with Crippen molar-refractivity contribution in [2.24, 2.45) is 0 Å². The highest BCUT2D eigenvalue weighted by molar-refractivity contribution is 5.76. The predicted molar refractivity (Wildman–Crippen MR) is 137 cm³/mol. The van der Waals surface area contributed by atoms with Gasteiger partial charge in [-0.25, -0.2) is 0 Å². The van der Waals surface area contributed by atoms with E-state index < -0.39 is 0 Å². The van der Waals surface area contributed by atoms with Crippen LogP contribution in [0.3, 0.4) is 0 Å². The number of rotatable bonds is 15. The van der Waals surface area contributed by atoms with Crippen LogP contribution < -0.4 is 10.6 Å². The van der Waals surface area contributed by atoms with Crippen molar-refractivity contribution in [2.75, 3.05) is 31.5 Å². The average Bonchev–Trinajstić information content (AvgIpc) is 2.83. The smallest absolute Gasteiger partial charge is 0.211 e. The van der Waals surface area contributed by atoms with Gasteiger partial charge in [0.1, 0.15) is 5.75 Å². The summed E-state index contributed by atoms with van der Waals surface area (Å²) >= 11 is 0. The number of benzene rings is 2. The van der Waals surface area contributed by atoms with E-state index in [-0.39, 0.29) is 5.75 Å². The largest absolute Gasteiger partial charge is 0.506 e. The summed E-state index contributed by atoms with van der Waals surface area (Å²) in [7, 11) is 0. The Bertz CT molecular complexity index is 841. The fraction of sp³-hybridized carbons (Fsp3) is 0.536. The third kappa shape index (κ3) is 8.17. The van der Waals surface area contributed by atoms with Crippen LogP contribution in [0.4, 0.5) is 5.69 Å². The number of anilines is 1. The molecule has 3 N–H and O–H groups in total. The number of phenols is 1. The Hall–Kier alpha value is -2.37. The van der Waals surface area contributed by atoms with Crippen LogP contribution in [0.15, 0.2) is 42.5 Å². The van der Waals surface area contributed by atoms with E-state index in [2.05, 4.69) is 52.8 Å². The van der Waals surface area contributed by atoms with Gasteiger partial charge in [-0.1, -0.05) is 50.1 Å². The van der Waals surface area contributed by atoms with E-state index in [0.29, 0.717) is 18.1 Å². The molecule has 5 heteroatoms. The van der Waals surface area contributed by atoms with Crippen LogP contribution >= 0.6 is 0 Å². The number of fused-ring (bicyclic) bond motifs is 1. The molecule has 0 spiro atoms. The van der Waals surface area contributed by atoms with Crippen molar-refractivity contribution in [1.29, 1.82) is 0 Å². The summed E-state index contributed by atoms with van der Waals surface area (Å²) in [6, 6.07) is 15.0. The van der Waals surface area contributed by atoms with Crippen molar-refractivity contribution in [3.8, 4) is 5.75 Å². The number of carbonyl (C=O) groups excluding carboxylic acids is 1. The number of aromatic hydroxyl groups is 1. The Morgan fingerprint density at radius 1 is 1.03 bits per heavy atom. The molecule has 1 aliphatic carbocycles. The van der Waals surface area contributed by atoms with Crippen LogP contribution in [0, 0.1) is 0 Å². The number of aryl methyl sites for hydroxylation is 1. The first-order valence-corrected chi connectivity index (χ1v) is 12.7. The molecule has 0 radical (unpaired) electrons. The Balaban J connectivity index is 1.35. The van der Waals surface area contributed by atoms with Crippen LogP contribution in [-0.2, 0) is 24.1 Å². The molecule has 1 atom stereocenters. The summed E-state index contributed by atoms with van der Waals surface area (Å²) < 4.78 is 0. The van der Waals surface area contributed by atoms with Gasteiger partial charge in [0.2, 0.25) is 6.41 Å². The second kappa shape index (κ2) is 14.0. The van der Waals surface area contributed by atoms with E-state index >= 15 is 0 Å². The van der Waals surface area contributed by atoms with Gasteiger partial charge in [0.05, 0.1) is 5.69 Å². The molecule has 5 nitrogen and oxygen atoms in total. The van der Waals surface area contributed by atoms with Gasteiger partial charge in [0.25, 0.3) is 0 Å². The summed E-state index contributed by atoms with van der Waals surface area (Å²) in [5, 5.41) is 16.3. The molecule has 0 aromatic heterocycles. The molecule has 0 fully saturated rings. The molecule has 33 heavy (non-hydrogen) atoms. The van der Waals surface area contributed by atoms with Gasteiger partial charge in [-0.05, 0) is 99.9 Å². The van der Waals surface area contributed by atoms with Gasteiger partial charge in [-0.2, -0.15) is 0 Å². The van der Waals surface area contributed by atoms with E-state index in [9.17, 15) is 9.90 Å². The van der Waals surface area contributed by atoms with E-state index in [1.165, 1.54) is 48.8 Å². The number of phenolic OH excluding ortho intramolecular Hbond substituents is 1. The van der Waals surface area contributed by atoms with E-state index in [1.54, 1.807) is 0 Å². The third-order valence-corrected chi connectivity index (χ3v) is 6.74. The number of nitrogens with one attached hydrogen (secondary N) is 2. The van der Waals surface area contributed by atoms with Crippen molar-refractivity contribution in [1.82, 2.24) is 10.2 Å². The highest BCUT2D eigenvalue weighted by atomic mass is 16.3. The number of unbranched alkanes of at least 4 members (excludes halogenated alkanes) is 3. The SMILES string of the molecule is CCCN(CCCCCCNCCc1ccccc1)C1CCc2cc(O)c(NC=O)cc2C1. The minimum absolute atomic E-state index is 0.166. The van der Waals surface area contributed by atoms with Crippen molar-refractivity contribution in [2.45, 2.75) is 70.8 Å². The van der Waals surface area contributed by atoms with Crippen molar-refractivity contribution < 1.29 is 9.90 Å². The van der Waals surface area contributed by atoms with E-state index in [1.807, 2.05) is 12.1 Å². The minimum Gasteiger partial charge on any atom is -0.506 e. The zero-order valence-corrected chi connectivity index (χ0v) is 20.2. The highest BCUT2D eigenvalue weighted by Gasteiger charge is 2.24. The zero-order chi connectivity index (χ0) is 23.3. The number of amides is 1. The molecule has 2 aromatic carbocycles. The lowest BCUT2D eigenvalue weighted by molar-refractivity contribution is -0.105. The summed E-state index contributed by atoms with van der Waals surface area (Å²) in [5.74, 6) is 0.166. The molecule has 2 aromatic rings. The molecule has 3 rings (SSSR count). The Kier molecular flexibility index (Phi) is 10.7. The molecule has 0 saturated heterocycles. The number of carbonyl (C=O) groups is 1. The first-order valence-electron chi connectivity index (χ1n) is 12.7. The van der Waals surface area contributed by atoms with Crippen molar-refractivity contribution in [3.05, 3.63) is 59.2 Å². The maximum atomic E-state index is 10.8. The van der Waals surface area contributed by atoms with Gasteiger partial charge >= 0.3 is 0 Å². The van der Waals surface area contributed by atoms with Crippen LogP contribution in [-0.4, -0.2) is 48.6 Å². The number of nitrogens with zero attached hydrogens (tertiary/aromatic N) is 1. The van der Waals surface area contributed by atoms with Crippen molar-refractivity contribution in [3.63, 3.8) is 0 Å². The second-order valence-electron chi connectivity index (χ2n) is 9.23. The molecule has 0 heterocycles. The Morgan fingerprint density at radius 3 is 2.64 bits per heavy atom. The molecule has 0 aliphatic heterocycles. The maximum Gasteiger partial charge on any atom is 0.211 e. The fourth-order valence-electron chi connectivity index (χ4n) is 4.95. The zero-order valence-electron chi connectivity index (χ0n) is 20.2. The average molecular weight is 452 g/mol. The monoisotopic (exact) mass is 451 g/mol. The standard InChI is InChI=1S/C28H41N3O2/c1-2-17-31(18-9-4-3-8-15-29-16-14-23-10-6-5-7-11-23)26-13-12-24-21-28(33)27(30-22-32)20-25(24)19-26/h5-7,10-11,20-22,26,29,33H,2-4,8-9,12-19H2,1H3,(H,30,32). The molecule has 1 aliphatic rings. The lowest BCUT2D eigenvalue weighted by atomic mass is 9.86. The van der Waals surface area contributed by atoms with Gasteiger partial charge in [0, 0.05) is 6.04 Å². The first-order chi connectivity index (χ1) is 16.2. The second-order valence-corrected chi connectivity index (χ2v) is 9.23. The quantitative estimate of drug-likeness (QED) is 0.204. The van der Waals surface area contributed by atoms with Crippen LogP contribution in [0.5, 0.6) is 5.75 Å². The summed E-state index contributed by atoms with van der Waals surface area (Å²) in [5.41, 5.74) is 4.40. The number of hydrogen-bond donors (Lipinski definition) is 3. The third-order valence-electron chi connectivity index (χ3n) is 6.74. The topological polar surface area (TPSA) is 64.6 Å². The van der Waals surface area contributed by atoms with Gasteiger partial charge in [-0.3, -0.25) is 4.79 Å². The maximum absolute atomic E-state index is 10.8.